The van der Waals surface area contributed by atoms with E-state index in [0.717, 1.165) is 36.6 Å². The minimum atomic E-state index is 0.293. The highest BCUT2D eigenvalue weighted by Gasteiger charge is 2.21. The third-order valence-corrected chi connectivity index (χ3v) is 4.36. The molecule has 0 aromatic heterocycles. The van der Waals surface area contributed by atoms with Gasteiger partial charge in [-0.15, -0.1) is 0 Å². The Bertz CT molecular complexity index is 662. The van der Waals surface area contributed by atoms with E-state index in [9.17, 15) is 0 Å². The highest BCUT2D eigenvalue weighted by Crippen LogP contribution is 2.31. The molecular formula is C19H23NO3. The molecule has 4 heteroatoms. The molecule has 1 N–H and O–H groups in total. The SMILES string of the molecule is COc1cc(CC2NCCc3cc(OC)ccc32)cc(OC)c1. The molecule has 122 valence electrons. The topological polar surface area (TPSA) is 39.7 Å². The number of fused-ring (bicyclic) bond motifs is 1. The molecule has 3 rings (SSSR count). The maximum absolute atomic E-state index is 5.37. The van der Waals surface area contributed by atoms with E-state index in [1.807, 2.05) is 12.1 Å². The van der Waals surface area contributed by atoms with Crippen molar-refractivity contribution in [3.8, 4) is 17.2 Å². The van der Waals surface area contributed by atoms with Gasteiger partial charge in [0, 0.05) is 12.1 Å². The van der Waals surface area contributed by atoms with Gasteiger partial charge in [-0.1, -0.05) is 6.07 Å². The maximum atomic E-state index is 5.37. The monoisotopic (exact) mass is 313 g/mol. The first-order valence-corrected chi connectivity index (χ1v) is 7.85. The number of nitrogens with one attached hydrogen (secondary N) is 1. The molecular weight excluding hydrogens is 290 g/mol. The zero-order valence-corrected chi connectivity index (χ0v) is 13.9. The Labute approximate surface area is 137 Å². The molecule has 4 nitrogen and oxygen atoms in total. The average Bonchev–Trinajstić information content (AvgIpc) is 2.61. The van der Waals surface area contributed by atoms with Crippen molar-refractivity contribution in [3.63, 3.8) is 0 Å². The van der Waals surface area contributed by atoms with Gasteiger partial charge in [-0.2, -0.15) is 0 Å². The van der Waals surface area contributed by atoms with Crippen molar-refractivity contribution < 1.29 is 14.2 Å². The van der Waals surface area contributed by atoms with Gasteiger partial charge in [-0.05, 0) is 60.3 Å². The molecule has 0 bridgehead atoms. The molecule has 23 heavy (non-hydrogen) atoms. The fourth-order valence-corrected chi connectivity index (χ4v) is 3.16. The summed E-state index contributed by atoms with van der Waals surface area (Å²) in [5, 5.41) is 3.61. The summed E-state index contributed by atoms with van der Waals surface area (Å²) in [4.78, 5) is 0. The highest BCUT2D eigenvalue weighted by atomic mass is 16.5. The van der Waals surface area contributed by atoms with E-state index in [2.05, 4.69) is 29.6 Å². The average molecular weight is 313 g/mol. The molecule has 1 atom stereocenters. The summed E-state index contributed by atoms with van der Waals surface area (Å²) >= 11 is 0. The molecule has 1 unspecified atom stereocenters. The Kier molecular flexibility index (Phi) is 4.72. The van der Waals surface area contributed by atoms with Gasteiger partial charge in [0.05, 0.1) is 21.3 Å². The number of hydrogen-bond donors (Lipinski definition) is 1. The first-order valence-electron chi connectivity index (χ1n) is 7.85. The lowest BCUT2D eigenvalue weighted by atomic mass is 9.90. The summed E-state index contributed by atoms with van der Waals surface area (Å²) in [5.41, 5.74) is 3.91. The maximum Gasteiger partial charge on any atom is 0.122 e. The zero-order valence-electron chi connectivity index (χ0n) is 13.9. The van der Waals surface area contributed by atoms with E-state index >= 15 is 0 Å². The Morgan fingerprint density at radius 1 is 0.913 bits per heavy atom. The van der Waals surface area contributed by atoms with Crippen LogP contribution < -0.4 is 19.5 Å². The van der Waals surface area contributed by atoms with Crippen molar-refractivity contribution in [1.82, 2.24) is 5.32 Å². The molecule has 0 amide bonds. The second-order valence-corrected chi connectivity index (χ2v) is 5.75. The second-order valence-electron chi connectivity index (χ2n) is 5.75. The van der Waals surface area contributed by atoms with E-state index in [1.165, 1.54) is 16.7 Å². The van der Waals surface area contributed by atoms with Crippen molar-refractivity contribution >= 4 is 0 Å². The van der Waals surface area contributed by atoms with Crippen molar-refractivity contribution in [2.75, 3.05) is 27.9 Å². The second kappa shape index (κ2) is 6.92. The van der Waals surface area contributed by atoms with Crippen LogP contribution in [0.25, 0.3) is 0 Å². The van der Waals surface area contributed by atoms with Crippen molar-refractivity contribution in [2.24, 2.45) is 0 Å². The van der Waals surface area contributed by atoms with Crippen LogP contribution in [-0.4, -0.2) is 27.9 Å². The normalized spacial score (nSPS) is 16.6. The van der Waals surface area contributed by atoms with Gasteiger partial charge in [0.2, 0.25) is 0 Å². The van der Waals surface area contributed by atoms with Gasteiger partial charge < -0.3 is 19.5 Å². The van der Waals surface area contributed by atoms with Gasteiger partial charge in [0.1, 0.15) is 17.2 Å². The van der Waals surface area contributed by atoms with E-state index < -0.39 is 0 Å². The zero-order chi connectivity index (χ0) is 16.2. The summed E-state index contributed by atoms with van der Waals surface area (Å²) in [6.45, 7) is 0.978. The molecule has 0 radical (unpaired) electrons. The highest BCUT2D eigenvalue weighted by molar-refractivity contribution is 5.42. The van der Waals surface area contributed by atoms with E-state index in [1.54, 1.807) is 21.3 Å². The third-order valence-electron chi connectivity index (χ3n) is 4.36. The predicted octanol–water partition coefficient (Wildman–Crippen LogP) is 3.14. The summed E-state index contributed by atoms with van der Waals surface area (Å²) in [6, 6.07) is 12.7. The molecule has 0 spiro atoms. The molecule has 0 fully saturated rings. The van der Waals surface area contributed by atoms with Gasteiger partial charge in [-0.25, -0.2) is 0 Å². The Morgan fingerprint density at radius 3 is 2.26 bits per heavy atom. The van der Waals surface area contributed by atoms with Crippen LogP contribution in [0.5, 0.6) is 17.2 Å². The number of rotatable bonds is 5. The van der Waals surface area contributed by atoms with Crippen molar-refractivity contribution in [2.45, 2.75) is 18.9 Å². The molecule has 1 aliphatic rings. The Morgan fingerprint density at radius 2 is 1.61 bits per heavy atom. The van der Waals surface area contributed by atoms with Gasteiger partial charge in [0.15, 0.2) is 0 Å². The number of methoxy groups -OCH3 is 3. The van der Waals surface area contributed by atoms with Crippen molar-refractivity contribution in [3.05, 3.63) is 53.1 Å². The summed E-state index contributed by atoms with van der Waals surface area (Å²) in [6.07, 6.45) is 1.93. The van der Waals surface area contributed by atoms with Crippen LogP contribution in [-0.2, 0) is 12.8 Å². The molecule has 1 aliphatic heterocycles. The van der Waals surface area contributed by atoms with Crippen molar-refractivity contribution in [1.29, 1.82) is 0 Å². The minimum absolute atomic E-state index is 0.293. The van der Waals surface area contributed by atoms with Gasteiger partial charge in [-0.3, -0.25) is 0 Å². The smallest absolute Gasteiger partial charge is 0.122 e. The fraction of sp³-hybridized carbons (Fsp3) is 0.368. The predicted molar refractivity (Wildman–Crippen MR) is 90.7 cm³/mol. The first-order chi connectivity index (χ1) is 11.2. The molecule has 1 heterocycles. The first kappa shape index (κ1) is 15.7. The standard InChI is InChI=1S/C19H23NO3/c1-21-15-4-5-18-14(11-15)6-7-20-19(18)10-13-8-16(22-2)12-17(9-13)23-3/h4-5,8-9,11-12,19-20H,6-7,10H2,1-3H3. The Balaban J connectivity index is 1.87. The largest absolute Gasteiger partial charge is 0.497 e. The van der Waals surface area contributed by atoms with E-state index in [0.29, 0.717) is 6.04 Å². The van der Waals surface area contributed by atoms with Crippen LogP contribution in [0.15, 0.2) is 36.4 Å². The molecule has 2 aromatic carbocycles. The van der Waals surface area contributed by atoms with E-state index in [4.69, 9.17) is 14.2 Å². The lowest BCUT2D eigenvalue weighted by molar-refractivity contribution is 0.392. The van der Waals surface area contributed by atoms with Crippen LogP contribution in [0.3, 0.4) is 0 Å². The summed E-state index contributed by atoms with van der Waals surface area (Å²) in [7, 11) is 5.07. The van der Waals surface area contributed by atoms with Crippen LogP contribution >= 0.6 is 0 Å². The number of ether oxygens (including phenoxy) is 3. The summed E-state index contributed by atoms with van der Waals surface area (Å²) < 4.78 is 16.1. The lowest BCUT2D eigenvalue weighted by Gasteiger charge is -2.27. The fourth-order valence-electron chi connectivity index (χ4n) is 3.16. The lowest BCUT2D eigenvalue weighted by Crippen LogP contribution is -2.31. The minimum Gasteiger partial charge on any atom is -0.497 e. The number of hydrogen-bond acceptors (Lipinski definition) is 4. The third kappa shape index (κ3) is 3.42. The van der Waals surface area contributed by atoms with Crippen LogP contribution in [0, 0.1) is 0 Å². The summed E-state index contributed by atoms with van der Waals surface area (Å²) in [5.74, 6) is 2.57. The van der Waals surface area contributed by atoms with Gasteiger partial charge in [0.25, 0.3) is 0 Å². The van der Waals surface area contributed by atoms with Crippen LogP contribution in [0.4, 0.5) is 0 Å². The van der Waals surface area contributed by atoms with Crippen LogP contribution in [0.1, 0.15) is 22.7 Å². The Hall–Kier alpha value is -2.20. The molecule has 0 aliphatic carbocycles. The van der Waals surface area contributed by atoms with Crippen LogP contribution in [0.2, 0.25) is 0 Å². The molecule has 0 saturated heterocycles. The quantitative estimate of drug-likeness (QED) is 0.920. The van der Waals surface area contributed by atoms with Gasteiger partial charge >= 0.3 is 0 Å². The molecule has 2 aromatic rings. The number of benzene rings is 2. The van der Waals surface area contributed by atoms with E-state index in [-0.39, 0.29) is 0 Å². The molecule has 0 saturated carbocycles.